The molecule has 0 aliphatic rings. The van der Waals surface area contributed by atoms with Crippen molar-refractivity contribution in [2.75, 3.05) is 11.5 Å². The molecule has 2 nitrogen and oxygen atoms in total. The fraction of sp³-hybridized carbons (Fsp3) is 0.0769. The van der Waals surface area contributed by atoms with E-state index in [1.807, 2.05) is 12.1 Å². The van der Waals surface area contributed by atoms with Crippen molar-refractivity contribution in [3.05, 3.63) is 57.6 Å². The van der Waals surface area contributed by atoms with Gasteiger partial charge in [0.2, 0.25) is 0 Å². The molecule has 0 heterocycles. The van der Waals surface area contributed by atoms with Crippen molar-refractivity contribution < 1.29 is 0 Å². The highest BCUT2D eigenvalue weighted by molar-refractivity contribution is 6.39. The lowest BCUT2D eigenvalue weighted by Gasteiger charge is -2.13. The molecule has 2 rings (SSSR count). The molecule has 0 aromatic heterocycles. The van der Waals surface area contributed by atoms with Crippen molar-refractivity contribution in [1.82, 2.24) is 0 Å². The third-order valence-electron chi connectivity index (χ3n) is 2.62. The zero-order chi connectivity index (χ0) is 13.3. The first-order valence-electron chi connectivity index (χ1n) is 5.23. The largest absolute Gasteiger partial charge is 0.399 e. The molecule has 0 spiro atoms. The number of rotatable bonds is 2. The minimum absolute atomic E-state index is 0.346. The molecule has 2 aromatic carbocycles. The number of hydrogen-bond donors (Lipinski definition) is 2. The van der Waals surface area contributed by atoms with Crippen LogP contribution in [0, 0.1) is 0 Å². The fourth-order valence-corrected chi connectivity index (χ4v) is 2.38. The quantitative estimate of drug-likeness (QED) is 0.634. The highest BCUT2D eigenvalue weighted by Crippen LogP contribution is 2.36. The van der Waals surface area contributed by atoms with Crippen molar-refractivity contribution in [1.29, 1.82) is 0 Å². The zero-order valence-corrected chi connectivity index (χ0v) is 11.6. The topological polar surface area (TPSA) is 52.0 Å². The van der Waals surface area contributed by atoms with Crippen molar-refractivity contribution >= 4 is 46.2 Å². The van der Waals surface area contributed by atoms with Gasteiger partial charge >= 0.3 is 0 Å². The number of anilines is 2. The summed E-state index contributed by atoms with van der Waals surface area (Å²) >= 11 is 18.4. The average Bonchev–Trinajstić information content (AvgIpc) is 2.35. The van der Waals surface area contributed by atoms with Gasteiger partial charge in [-0.05, 0) is 35.4 Å². The Morgan fingerprint density at radius 2 is 1.33 bits per heavy atom. The Labute approximate surface area is 120 Å². The van der Waals surface area contributed by atoms with Crippen LogP contribution in [0.15, 0.2) is 36.4 Å². The van der Waals surface area contributed by atoms with Gasteiger partial charge in [0.25, 0.3) is 0 Å². The van der Waals surface area contributed by atoms with Gasteiger partial charge in [-0.15, -0.1) is 11.6 Å². The summed E-state index contributed by atoms with van der Waals surface area (Å²) in [5.41, 5.74) is 14.1. The Balaban J connectivity index is 2.39. The van der Waals surface area contributed by atoms with Crippen molar-refractivity contribution in [3.8, 4) is 0 Å². The molecule has 18 heavy (non-hydrogen) atoms. The van der Waals surface area contributed by atoms with Crippen LogP contribution in [-0.2, 0) is 0 Å². The molecule has 0 fully saturated rings. The highest BCUT2D eigenvalue weighted by Gasteiger charge is 2.14. The van der Waals surface area contributed by atoms with Crippen LogP contribution in [0.25, 0.3) is 0 Å². The van der Waals surface area contributed by atoms with Gasteiger partial charge in [0.1, 0.15) is 0 Å². The molecule has 0 aliphatic carbocycles. The van der Waals surface area contributed by atoms with Crippen LogP contribution >= 0.6 is 34.8 Å². The second-order valence-electron chi connectivity index (χ2n) is 3.93. The van der Waals surface area contributed by atoms with Crippen LogP contribution < -0.4 is 11.5 Å². The maximum Gasteiger partial charge on any atom is 0.0836 e. The van der Waals surface area contributed by atoms with Crippen LogP contribution in [0.5, 0.6) is 0 Å². The number of nitrogens with two attached hydrogens (primary N) is 2. The fourth-order valence-electron chi connectivity index (χ4n) is 1.61. The van der Waals surface area contributed by atoms with Crippen molar-refractivity contribution in [2.24, 2.45) is 0 Å². The van der Waals surface area contributed by atoms with Gasteiger partial charge in [-0.25, -0.2) is 0 Å². The lowest BCUT2D eigenvalue weighted by molar-refractivity contribution is 1.14. The average molecular weight is 302 g/mol. The Morgan fingerprint density at radius 3 is 1.83 bits per heavy atom. The van der Waals surface area contributed by atoms with E-state index in [0.717, 1.165) is 11.1 Å². The van der Waals surface area contributed by atoms with Gasteiger partial charge in [-0.1, -0.05) is 35.3 Å². The molecule has 5 heteroatoms. The van der Waals surface area contributed by atoms with Crippen molar-refractivity contribution in [2.45, 2.75) is 5.38 Å². The van der Waals surface area contributed by atoms with Crippen LogP contribution in [0.2, 0.25) is 10.0 Å². The predicted molar refractivity (Wildman–Crippen MR) is 79.4 cm³/mol. The van der Waals surface area contributed by atoms with E-state index in [9.17, 15) is 0 Å². The third-order valence-corrected chi connectivity index (χ3v) is 3.75. The summed E-state index contributed by atoms with van der Waals surface area (Å²) in [6, 6.07) is 10.8. The number of nitrogen functional groups attached to an aromatic ring is 2. The van der Waals surface area contributed by atoms with Gasteiger partial charge in [0.05, 0.1) is 21.1 Å². The molecular formula is C13H11Cl3N2. The maximum atomic E-state index is 6.38. The van der Waals surface area contributed by atoms with E-state index in [2.05, 4.69) is 0 Å². The van der Waals surface area contributed by atoms with E-state index < -0.39 is 0 Å². The number of halogens is 3. The van der Waals surface area contributed by atoms with Gasteiger partial charge < -0.3 is 11.5 Å². The molecule has 2 aromatic rings. The van der Waals surface area contributed by atoms with Crippen LogP contribution in [0.4, 0.5) is 11.4 Å². The maximum absolute atomic E-state index is 6.38. The Hall–Kier alpha value is -1.09. The SMILES string of the molecule is Nc1ccc(C(Cl)c2cc(Cl)c(N)c(Cl)c2)cc1. The molecule has 0 amide bonds. The molecular weight excluding hydrogens is 291 g/mol. The molecule has 94 valence electrons. The number of alkyl halides is 1. The van der Waals surface area contributed by atoms with E-state index in [-0.39, 0.29) is 5.38 Å². The number of hydrogen-bond acceptors (Lipinski definition) is 2. The van der Waals surface area contributed by atoms with Gasteiger partial charge in [-0.3, -0.25) is 0 Å². The van der Waals surface area contributed by atoms with E-state index >= 15 is 0 Å². The molecule has 0 radical (unpaired) electrons. The van der Waals surface area contributed by atoms with Crippen LogP contribution in [0.1, 0.15) is 16.5 Å². The third kappa shape index (κ3) is 2.66. The summed E-state index contributed by atoms with van der Waals surface area (Å²) in [7, 11) is 0. The summed E-state index contributed by atoms with van der Waals surface area (Å²) in [5.74, 6) is 0. The highest BCUT2D eigenvalue weighted by atomic mass is 35.5. The lowest BCUT2D eigenvalue weighted by Crippen LogP contribution is -1.96. The zero-order valence-electron chi connectivity index (χ0n) is 9.33. The molecule has 0 aliphatic heterocycles. The molecule has 4 N–H and O–H groups in total. The van der Waals surface area contributed by atoms with E-state index in [0.29, 0.717) is 21.4 Å². The summed E-state index contributed by atoms with van der Waals surface area (Å²) in [6.07, 6.45) is 0. The first kappa shape index (κ1) is 13.3. The molecule has 0 bridgehead atoms. The smallest absolute Gasteiger partial charge is 0.0836 e. The van der Waals surface area contributed by atoms with E-state index in [1.54, 1.807) is 24.3 Å². The standard InChI is InChI=1S/C13H11Cl3N2/c14-10-5-8(6-11(15)13(10)18)12(16)7-1-3-9(17)4-2-7/h1-6,12H,17-18H2. The Morgan fingerprint density at radius 1 is 0.833 bits per heavy atom. The first-order chi connectivity index (χ1) is 8.49. The summed E-state index contributed by atoms with van der Waals surface area (Å²) in [5, 5.41) is 0.457. The molecule has 0 saturated carbocycles. The van der Waals surface area contributed by atoms with Crippen molar-refractivity contribution in [3.63, 3.8) is 0 Å². The molecule has 0 saturated heterocycles. The minimum Gasteiger partial charge on any atom is -0.399 e. The van der Waals surface area contributed by atoms with Gasteiger partial charge in [0, 0.05) is 5.69 Å². The second-order valence-corrected chi connectivity index (χ2v) is 5.18. The summed E-state index contributed by atoms with van der Waals surface area (Å²) < 4.78 is 0. The normalized spacial score (nSPS) is 12.4. The summed E-state index contributed by atoms with van der Waals surface area (Å²) in [4.78, 5) is 0. The predicted octanol–water partition coefficient (Wildman–Crippen LogP) is 4.49. The minimum atomic E-state index is -0.346. The summed E-state index contributed by atoms with van der Waals surface area (Å²) in [6.45, 7) is 0. The lowest BCUT2D eigenvalue weighted by atomic mass is 10.0. The first-order valence-corrected chi connectivity index (χ1v) is 6.42. The Kier molecular flexibility index (Phi) is 3.91. The number of benzene rings is 2. The van der Waals surface area contributed by atoms with E-state index in [4.69, 9.17) is 46.3 Å². The monoisotopic (exact) mass is 300 g/mol. The van der Waals surface area contributed by atoms with Gasteiger partial charge in [0.15, 0.2) is 0 Å². The van der Waals surface area contributed by atoms with Gasteiger partial charge in [-0.2, -0.15) is 0 Å². The van der Waals surface area contributed by atoms with Crippen LogP contribution in [-0.4, -0.2) is 0 Å². The Bertz CT molecular complexity index is 544. The molecule has 1 unspecified atom stereocenters. The second kappa shape index (κ2) is 5.27. The van der Waals surface area contributed by atoms with E-state index in [1.165, 1.54) is 0 Å². The molecule has 1 atom stereocenters. The van der Waals surface area contributed by atoms with Crippen LogP contribution in [0.3, 0.4) is 0 Å².